The van der Waals surface area contributed by atoms with Gasteiger partial charge in [-0.1, -0.05) is 149 Å². The molecule has 0 spiro atoms. The number of benzene rings is 5. The second-order valence-electron chi connectivity index (χ2n) is 16.7. The molecule has 0 bridgehead atoms. The monoisotopic (exact) mass is 771 g/mol. The van der Waals surface area contributed by atoms with Crippen molar-refractivity contribution in [2.75, 3.05) is 0 Å². The van der Waals surface area contributed by atoms with E-state index in [2.05, 4.69) is 87.3 Å². The molecule has 0 aliphatic carbocycles. The van der Waals surface area contributed by atoms with Crippen LogP contribution >= 0.6 is 0 Å². The van der Waals surface area contributed by atoms with Crippen LogP contribution in [-0.2, 0) is 36.4 Å². The first-order valence-electron chi connectivity index (χ1n) is 22.2. The van der Waals surface area contributed by atoms with Gasteiger partial charge in [-0.3, -0.25) is 15.0 Å². The van der Waals surface area contributed by atoms with Crippen molar-refractivity contribution in [3.8, 4) is 33.8 Å². The Morgan fingerprint density at radius 3 is 1.47 bits per heavy atom. The van der Waals surface area contributed by atoms with E-state index in [4.69, 9.17) is 14.4 Å². The summed E-state index contributed by atoms with van der Waals surface area (Å²) < 4.78 is 44.2. The molecule has 0 saturated carbocycles. The number of nitrogens with zero attached hydrogens (tertiary/aromatic N) is 3. The van der Waals surface area contributed by atoms with E-state index in [0.29, 0.717) is 18.5 Å². The lowest BCUT2D eigenvalue weighted by Gasteiger charge is -2.28. The summed E-state index contributed by atoms with van der Waals surface area (Å²) in [5.74, 6) is 0. The number of hydrogen-bond donors (Lipinski definition) is 0. The molecule has 0 N–H and O–H groups in total. The molecule has 9 rings (SSSR count). The number of para-hydroxylation sites is 1. The molecule has 4 heterocycles. The van der Waals surface area contributed by atoms with Crippen LogP contribution in [-0.4, -0.2) is 15.0 Å². The standard InChI is InChI=1S/C55H49N3O/c1-54(2,45-23-27-49(57-36-45)42-13-7-5-8-14-42)33-40-29-39(30-41(31-40)34-55(3,4)46-24-28-50(58-37-46)43-15-9-6-10-16-43)20-19-38-21-26-51(56-35-38)44-22-25-48-47-17-11-12-18-52(47)59-53(48)32-44/h5-18,21-32,35-37H,19-20,33-34H2,1-4H3/i19D2,20D2. The van der Waals surface area contributed by atoms with E-state index in [-0.39, 0.29) is 22.0 Å². The Labute approximate surface area is 353 Å². The number of pyridine rings is 3. The van der Waals surface area contributed by atoms with Crippen molar-refractivity contribution in [2.24, 2.45) is 0 Å². The van der Waals surface area contributed by atoms with Crippen molar-refractivity contribution in [1.82, 2.24) is 15.0 Å². The van der Waals surface area contributed by atoms with Crippen LogP contribution in [0.1, 0.15) is 66.6 Å². The van der Waals surface area contributed by atoms with Gasteiger partial charge in [0.05, 0.1) is 17.1 Å². The molecule has 0 saturated heterocycles. The first-order chi connectivity index (χ1) is 30.2. The van der Waals surface area contributed by atoms with E-state index in [9.17, 15) is 5.48 Å². The Bertz CT molecular complexity index is 2920. The molecule has 4 nitrogen and oxygen atoms in total. The van der Waals surface area contributed by atoms with E-state index in [1.54, 1.807) is 12.1 Å². The van der Waals surface area contributed by atoms with Gasteiger partial charge in [-0.05, 0) is 106 Å². The van der Waals surface area contributed by atoms with Crippen LogP contribution in [0.2, 0.25) is 0 Å². The quantitative estimate of drug-likeness (QED) is 0.124. The minimum Gasteiger partial charge on any atom is -0.456 e. The van der Waals surface area contributed by atoms with Crippen molar-refractivity contribution in [3.05, 3.63) is 210 Å². The van der Waals surface area contributed by atoms with E-state index in [0.717, 1.165) is 72.3 Å². The van der Waals surface area contributed by atoms with Crippen molar-refractivity contribution in [2.45, 2.75) is 64.1 Å². The molecule has 0 radical (unpaired) electrons. The Kier molecular flexibility index (Phi) is 9.01. The molecule has 4 aromatic heterocycles. The van der Waals surface area contributed by atoms with Gasteiger partial charge in [-0.2, -0.15) is 0 Å². The zero-order valence-electron chi connectivity index (χ0n) is 37.9. The Morgan fingerprint density at radius 1 is 0.424 bits per heavy atom. The molecule has 0 atom stereocenters. The third-order valence-electron chi connectivity index (χ3n) is 11.4. The molecule has 0 unspecified atom stereocenters. The molecule has 0 aliphatic heterocycles. The first-order valence-corrected chi connectivity index (χ1v) is 20.2. The molecule has 5 aromatic carbocycles. The van der Waals surface area contributed by atoms with Crippen LogP contribution < -0.4 is 0 Å². The molecular formula is C55H49N3O. The predicted octanol–water partition coefficient (Wildman–Crippen LogP) is 13.6. The second kappa shape index (κ2) is 15.9. The smallest absolute Gasteiger partial charge is 0.136 e. The highest BCUT2D eigenvalue weighted by molar-refractivity contribution is 6.05. The highest BCUT2D eigenvalue weighted by Crippen LogP contribution is 2.34. The second-order valence-corrected chi connectivity index (χ2v) is 16.7. The van der Waals surface area contributed by atoms with Crippen molar-refractivity contribution in [1.29, 1.82) is 0 Å². The first kappa shape index (κ1) is 33.3. The summed E-state index contributed by atoms with van der Waals surface area (Å²) in [5.41, 5.74) is 10.6. The summed E-state index contributed by atoms with van der Waals surface area (Å²) in [7, 11) is 0. The normalized spacial score (nSPS) is 13.5. The highest BCUT2D eigenvalue weighted by Gasteiger charge is 2.25. The Balaban J connectivity index is 1.04. The Morgan fingerprint density at radius 2 is 0.915 bits per heavy atom. The number of hydrogen-bond acceptors (Lipinski definition) is 4. The fourth-order valence-electron chi connectivity index (χ4n) is 8.08. The lowest BCUT2D eigenvalue weighted by atomic mass is 9.77. The molecule has 0 amide bonds. The minimum absolute atomic E-state index is 0.155. The van der Waals surface area contributed by atoms with E-state index >= 15 is 0 Å². The van der Waals surface area contributed by atoms with E-state index < -0.39 is 12.7 Å². The maximum absolute atomic E-state index is 9.59. The fraction of sp³-hybridized carbons (Fsp3) is 0.182. The third kappa shape index (κ3) is 8.35. The van der Waals surface area contributed by atoms with Crippen molar-refractivity contribution in [3.63, 3.8) is 0 Å². The van der Waals surface area contributed by atoms with Gasteiger partial charge in [0.2, 0.25) is 0 Å². The molecule has 0 aliphatic rings. The van der Waals surface area contributed by atoms with Gasteiger partial charge in [-0.25, -0.2) is 0 Å². The Hall–Kier alpha value is -6.65. The van der Waals surface area contributed by atoms with Gasteiger partial charge in [-0.15, -0.1) is 0 Å². The van der Waals surface area contributed by atoms with E-state index in [1.807, 2.05) is 103 Å². The maximum Gasteiger partial charge on any atom is 0.136 e. The number of rotatable bonds is 12. The summed E-state index contributed by atoms with van der Waals surface area (Å²) in [6.07, 6.45) is 1.64. The number of furan rings is 1. The average Bonchev–Trinajstić information content (AvgIpc) is 3.67. The average molecular weight is 772 g/mol. The topological polar surface area (TPSA) is 51.8 Å². The van der Waals surface area contributed by atoms with Crippen LogP contribution in [0.3, 0.4) is 0 Å². The summed E-state index contributed by atoms with van der Waals surface area (Å²) >= 11 is 0. The van der Waals surface area contributed by atoms with Crippen LogP contribution in [0.25, 0.3) is 55.7 Å². The lowest BCUT2D eigenvalue weighted by molar-refractivity contribution is 0.512. The zero-order chi connectivity index (χ0) is 44.0. The maximum atomic E-state index is 9.59. The van der Waals surface area contributed by atoms with Crippen LogP contribution in [0.4, 0.5) is 0 Å². The summed E-state index contributed by atoms with van der Waals surface area (Å²) in [6.45, 7) is 8.70. The van der Waals surface area contributed by atoms with Gasteiger partial charge in [0.15, 0.2) is 0 Å². The minimum atomic E-state index is -2.43. The summed E-state index contributed by atoms with van der Waals surface area (Å²) in [6, 6.07) is 51.7. The summed E-state index contributed by atoms with van der Waals surface area (Å²) in [5, 5.41) is 2.06. The number of fused-ring (bicyclic) bond motifs is 3. The number of aromatic nitrogens is 3. The molecule has 0 fully saturated rings. The zero-order valence-corrected chi connectivity index (χ0v) is 33.9. The van der Waals surface area contributed by atoms with Crippen LogP contribution in [0.15, 0.2) is 181 Å². The van der Waals surface area contributed by atoms with Gasteiger partial charge in [0, 0.05) is 51.5 Å². The van der Waals surface area contributed by atoms with Crippen molar-refractivity contribution < 1.29 is 9.90 Å². The molecule has 9 aromatic rings. The van der Waals surface area contributed by atoms with Gasteiger partial charge < -0.3 is 4.42 Å². The number of aryl methyl sites for hydroxylation is 2. The van der Waals surface area contributed by atoms with Crippen LogP contribution in [0.5, 0.6) is 0 Å². The lowest BCUT2D eigenvalue weighted by Crippen LogP contribution is -2.23. The molecule has 290 valence electrons. The fourth-order valence-corrected chi connectivity index (χ4v) is 8.08. The largest absolute Gasteiger partial charge is 0.456 e. The van der Waals surface area contributed by atoms with E-state index in [1.165, 1.54) is 6.20 Å². The van der Waals surface area contributed by atoms with Gasteiger partial charge >= 0.3 is 0 Å². The van der Waals surface area contributed by atoms with Gasteiger partial charge in [0.25, 0.3) is 0 Å². The highest BCUT2D eigenvalue weighted by atomic mass is 16.3. The SMILES string of the molecule is [2H]C([2H])(c1ccc(-c2ccc3c(c2)oc2ccccc23)nc1)C([2H])([2H])c1cc(CC(C)(C)c2ccc(-c3ccccc3)nc2)cc(CC(C)(C)c2ccc(-c3ccccc3)nc2)c1. The third-order valence-corrected chi connectivity index (χ3v) is 11.4. The molecule has 4 heteroatoms. The predicted molar refractivity (Wildman–Crippen MR) is 244 cm³/mol. The molecular weight excluding hydrogens is 719 g/mol. The molecule has 59 heavy (non-hydrogen) atoms. The summed E-state index contributed by atoms with van der Waals surface area (Å²) in [4.78, 5) is 14.3. The van der Waals surface area contributed by atoms with Crippen molar-refractivity contribution >= 4 is 21.9 Å². The van der Waals surface area contributed by atoms with Gasteiger partial charge in [0.1, 0.15) is 11.2 Å². The van der Waals surface area contributed by atoms with Crippen LogP contribution in [0, 0.1) is 0 Å².